The SMILES string of the molecule is CC1CC2CC(C(=O)O)(C1)N2C(=O)Nc1ccc(C(F)(F)F)c(-c2cncc(F)c2)c1. The molecule has 2 amide bonds. The summed E-state index contributed by atoms with van der Waals surface area (Å²) in [6.07, 6.45) is -1.40. The number of carbonyl (C=O) groups excluding carboxylic acids is 1. The number of halogens is 4. The second kappa shape index (κ2) is 7.21. The molecular formula is C21H19F4N3O3. The van der Waals surface area contributed by atoms with Crippen LogP contribution in [0.5, 0.6) is 0 Å². The summed E-state index contributed by atoms with van der Waals surface area (Å²) in [5.74, 6) is -1.74. The van der Waals surface area contributed by atoms with Gasteiger partial charge in [-0.25, -0.2) is 14.0 Å². The molecule has 1 aromatic heterocycles. The van der Waals surface area contributed by atoms with Crippen LogP contribution >= 0.6 is 0 Å². The van der Waals surface area contributed by atoms with Crippen LogP contribution in [0.25, 0.3) is 11.1 Å². The van der Waals surface area contributed by atoms with Crippen LogP contribution in [-0.4, -0.2) is 38.6 Å². The molecule has 31 heavy (non-hydrogen) atoms. The topological polar surface area (TPSA) is 82.5 Å². The fourth-order valence-electron chi connectivity index (χ4n) is 4.80. The summed E-state index contributed by atoms with van der Waals surface area (Å²) >= 11 is 0. The Morgan fingerprint density at radius 3 is 2.61 bits per heavy atom. The first-order valence-corrected chi connectivity index (χ1v) is 9.67. The second-order valence-corrected chi connectivity index (χ2v) is 8.19. The van der Waals surface area contributed by atoms with E-state index in [1.165, 1.54) is 4.90 Å². The number of nitrogens with zero attached hydrogens (tertiary/aromatic N) is 2. The molecule has 2 bridgehead atoms. The quantitative estimate of drug-likeness (QED) is 0.678. The van der Waals surface area contributed by atoms with Crippen molar-refractivity contribution in [2.24, 2.45) is 5.92 Å². The van der Waals surface area contributed by atoms with Crippen LogP contribution in [0.15, 0.2) is 36.7 Å². The van der Waals surface area contributed by atoms with Gasteiger partial charge in [0, 0.05) is 29.9 Å². The normalized spacial score (nSPS) is 25.0. The molecule has 0 radical (unpaired) electrons. The Labute approximate surface area is 174 Å². The largest absolute Gasteiger partial charge is 0.479 e. The number of hydrogen-bond acceptors (Lipinski definition) is 3. The lowest BCUT2D eigenvalue weighted by atomic mass is 9.64. The van der Waals surface area contributed by atoms with Crippen molar-refractivity contribution < 1.29 is 32.3 Å². The highest BCUT2D eigenvalue weighted by molar-refractivity contribution is 5.96. The first-order chi connectivity index (χ1) is 14.5. The fraction of sp³-hybridized carbons (Fsp3) is 0.381. The lowest BCUT2D eigenvalue weighted by Gasteiger charge is -2.60. The number of aromatic nitrogens is 1. The summed E-state index contributed by atoms with van der Waals surface area (Å²) in [5.41, 5.74) is -2.71. The lowest BCUT2D eigenvalue weighted by Crippen LogP contribution is -2.75. The van der Waals surface area contributed by atoms with Crippen LogP contribution < -0.4 is 5.32 Å². The van der Waals surface area contributed by atoms with Gasteiger partial charge in [-0.05, 0) is 48.6 Å². The third-order valence-electron chi connectivity index (χ3n) is 5.97. The number of carboxylic acids is 1. The minimum Gasteiger partial charge on any atom is -0.479 e. The smallest absolute Gasteiger partial charge is 0.417 e. The number of aliphatic carboxylic acids is 1. The number of benzene rings is 1. The molecule has 3 unspecified atom stereocenters. The summed E-state index contributed by atoms with van der Waals surface area (Å²) in [6, 6.07) is 2.96. The summed E-state index contributed by atoms with van der Waals surface area (Å²) in [5, 5.41) is 12.2. The average Bonchev–Trinajstić information content (AvgIpc) is 2.66. The average molecular weight is 437 g/mol. The van der Waals surface area contributed by atoms with E-state index in [0.29, 0.717) is 19.3 Å². The molecule has 3 atom stereocenters. The van der Waals surface area contributed by atoms with Crippen molar-refractivity contribution in [1.29, 1.82) is 0 Å². The van der Waals surface area contributed by atoms with E-state index in [1.807, 2.05) is 6.92 Å². The Bertz CT molecular complexity index is 1060. The number of rotatable bonds is 3. The van der Waals surface area contributed by atoms with E-state index in [2.05, 4.69) is 10.3 Å². The minimum absolute atomic E-state index is 0.0378. The van der Waals surface area contributed by atoms with Gasteiger partial charge in [0.15, 0.2) is 0 Å². The molecule has 6 nitrogen and oxygen atoms in total. The van der Waals surface area contributed by atoms with Gasteiger partial charge in [0.2, 0.25) is 0 Å². The number of piperidine rings is 1. The number of hydrogen-bond donors (Lipinski definition) is 2. The molecule has 2 aromatic rings. The predicted octanol–water partition coefficient (Wildman–Crippen LogP) is 4.77. The van der Waals surface area contributed by atoms with Gasteiger partial charge in [0.05, 0.1) is 11.8 Å². The Morgan fingerprint density at radius 1 is 1.23 bits per heavy atom. The maximum Gasteiger partial charge on any atom is 0.417 e. The van der Waals surface area contributed by atoms with Crippen molar-refractivity contribution >= 4 is 17.7 Å². The first kappa shape index (κ1) is 21.1. The van der Waals surface area contributed by atoms with E-state index in [1.54, 1.807) is 0 Å². The van der Waals surface area contributed by atoms with Gasteiger partial charge in [-0.2, -0.15) is 13.2 Å². The molecule has 3 heterocycles. The molecule has 0 spiro atoms. The fourth-order valence-corrected chi connectivity index (χ4v) is 4.80. The maximum atomic E-state index is 13.6. The van der Waals surface area contributed by atoms with Gasteiger partial charge >= 0.3 is 18.2 Å². The van der Waals surface area contributed by atoms with Gasteiger partial charge in [-0.15, -0.1) is 0 Å². The number of carboxylic acid groups (broad SMARTS) is 1. The van der Waals surface area contributed by atoms with Gasteiger partial charge in [0.25, 0.3) is 0 Å². The van der Waals surface area contributed by atoms with Gasteiger partial charge < -0.3 is 15.3 Å². The highest BCUT2D eigenvalue weighted by Crippen LogP contribution is 2.50. The zero-order valence-corrected chi connectivity index (χ0v) is 16.4. The molecule has 1 saturated carbocycles. The monoisotopic (exact) mass is 437 g/mol. The molecular weight excluding hydrogens is 418 g/mol. The number of urea groups is 1. The van der Waals surface area contributed by atoms with Crippen LogP contribution in [0.1, 0.15) is 31.7 Å². The van der Waals surface area contributed by atoms with Crippen molar-refractivity contribution in [1.82, 2.24) is 9.88 Å². The lowest BCUT2D eigenvalue weighted by molar-refractivity contribution is -0.173. The third-order valence-corrected chi connectivity index (χ3v) is 5.97. The molecule has 1 aliphatic carbocycles. The number of pyridine rings is 1. The molecule has 2 saturated heterocycles. The predicted molar refractivity (Wildman–Crippen MR) is 103 cm³/mol. The highest BCUT2D eigenvalue weighted by Gasteiger charge is 2.63. The van der Waals surface area contributed by atoms with Crippen LogP contribution in [0.3, 0.4) is 0 Å². The molecule has 10 heteroatoms. The van der Waals surface area contributed by atoms with Crippen molar-refractivity contribution in [3.63, 3.8) is 0 Å². The van der Waals surface area contributed by atoms with E-state index >= 15 is 0 Å². The Kier molecular flexibility index (Phi) is 4.90. The van der Waals surface area contributed by atoms with E-state index in [9.17, 15) is 32.3 Å². The Hall–Kier alpha value is -3.17. The standard InChI is InChI=1S/C21H19F4N3O3/c1-11-4-15-8-20(7-11,18(29)30)28(15)19(31)27-14-2-3-17(21(23,24)25)16(6-14)12-5-13(22)10-26-9-12/h2-3,5-6,9-11,15H,4,7-8H2,1H3,(H,27,31)(H,29,30). The molecule has 164 valence electrons. The van der Waals surface area contributed by atoms with Crippen molar-refractivity contribution in [3.05, 3.63) is 48.0 Å². The van der Waals surface area contributed by atoms with Crippen LogP contribution in [-0.2, 0) is 11.0 Å². The zero-order chi connectivity index (χ0) is 22.6. The van der Waals surface area contributed by atoms with Crippen LogP contribution in [0.4, 0.5) is 28.0 Å². The summed E-state index contributed by atoms with van der Waals surface area (Å²) < 4.78 is 54.0. The number of nitrogens with one attached hydrogen (secondary N) is 1. The number of carbonyl (C=O) groups is 2. The maximum absolute atomic E-state index is 13.6. The number of anilines is 1. The summed E-state index contributed by atoms with van der Waals surface area (Å²) in [7, 11) is 0. The molecule has 1 aromatic carbocycles. The Morgan fingerprint density at radius 2 is 1.97 bits per heavy atom. The summed E-state index contributed by atoms with van der Waals surface area (Å²) in [4.78, 5) is 29.6. The number of alkyl halides is 3. The molecule has 5 rings (SSSR count). The van der Waals surface area contributed by atoms with Crippen molar-refractivity contribution in [2.75, 3.05) is 5.32 Å². The molecule has 3 fully saturated rings. The van der Waals surface area contributed by atoms with Crippen molar-refractivity contribution in [3.8, 4) is 11.1 Å². The number of fused-ring (bicyclic) bond motifs is 2. The third kappa shape index (κ3) is 3.60. The van der Waals surface area contributed by atoms with Crippen molar-refractivity contribution in [2.45, 2.75) is 43.9 Å². The second-order valence-electron chi connectivity index (χ2n) is 8.19. The van der Waals surface area contributed by atoms with Gasteiger partial charge in [-0.1, -0.05) is 6.92 Å². The molecule has 2 aliphatic heterocycles. The first-order valence-electron chi connectivity index (χ1n) is 9.67. The Balaban J connectivity index is 1.66. The molecule has 3 aliphatic rings. The van der Waals surface area contributed by atoms with E-state index in [-0.39, 0.29) is 28.8 Å². The summed E-state index contributed by atoms with van der Waals surface area (Å²) in [6.45, 7) is 1.92. The van der Waals surface area contributed by atoms with Gasteiger partial charge in [-0.3, -0.25) is 4.98 Å². The van der Waals surface area contributed by atoms with Gasteiger partial charge in [0.1, 0.15) is 11.4 Å². The number of amides is 2. The van der Waals surface area contributed by atoms with E-state index < -0.39 is 35.1 Å². The van der Waals surface area contributed by atoms with Crippen LogP contribution in [0.2, 0.25) is 0 Å². The zero-order valence-electron chi connectivity index (χ0n) is 16.4. The van der Waals surface area contributed by atoms with Crippen LogP contribution in [0, 0.1) is 11.7 Å². The van der Waals surface area contributed by atoms with E-state index in [0.717, 1.165) is 36.7 Å². The molecule has 2 N–H and O–H groups in total. The van der Waals surface area contributed by atoms with E-state index in [4.69, 9.17) is 0 Å². The highest BCUT2D eigenvalue weighted by atomic mass is 19.4. The minimum atomic E-state index is -4.71.